The van der Waals surface area contributed by atoms with Gasteiger partial charge in [0.15, 0.2) is 0 Å². The third kappa shape index (κ3) is 3.96. The van der Waals surface area contributed by atoms with Crippen molar-refractivity contribution in [2.75, 3.05) is 23.4 Å². The summed E-state index contributed by atoms with van der Waals surface area (Å²) in [7, 11) is 0. The Labute approximate surface area is 178 Å². The van der Waals surface area contributed by atoms with Gasteiger partial charge in [-0.05, 0) is 61.6 Å². The highest BCUT2D eigenvalue weighted by molar-refractivity contribution is 5.64. The number of benzene rings is 2. The smallest absolute Gasteiger partial charge is 0.124 e. The van der Waals surface area contributed by atoms with Crippen molar-refractivity contribution in [2.45, 2.75) is 45.0 Å². The van der Waals surface area contributed by atoms with Crippen LogP contribution in [-0.2, 0) is 0 Å². The molecule has 158 valence electrons. The second-order valence-corrected chi connectivity index (χ2v) is 8.40. The number of nitriles is 1. The first-order chi connectivity index (χ1) is 14.5. The highest BCUT2D eigenvalue weighted by atomic mass is 16.5. The van der Waals surface area contributed by atoms with Crippen molar-refractivity contribution >= 4 is 11.4 Å². The van der Waals surface area contributed by atoms with E-state index in [1.165, 1.54) is 12.8 Å². The van der Waals surface area contributed by atoms with Gasteiger partial charge >= 0.3 is 0 Å². The number of ether oxygens (including phenoxy) is 1. The first-order valence-corrected chi connectivity index (χ1v) is 10.7. The van der Waals surface area contributed by atoms with Gasteiger partial charge in [0.05, 0.1) is 17.7 Å². The van der Waals surface area contributed by atoms with E-state index >= 15 is 0 Å². The number of aliphatic hydroxyl groups excluding tert-OH is 1. The molecule has 4 rings (SSSR count). The van der Waals surface area contributed by atoms with E-state index in [1.54, 1.807) is 0 Å². The molecule has 4 atom stereocenters. The maximum atomic E-state index is 10.6. The number of hydrogen-bond donors (Lipinski definition) is 3. The fourth-order valence-electron chi connectivity index (χ4n) is 4.79. The van der Waals surface area contributed by atoms with Crippen LogP contribution in [0.5, 0.6) is 5.75 Å². The molecular formula is C24H30N4O2. The van der Waals surface area contributed by atoms with Crippen LogP contribution in [-0.4, -0.2) is 30.5 Å². The first kappa shape index (κ1) is 20.5. The van der Waals surface area contributed by atoms with Gasteiger partial charge in [-0.1, -0.05) is 13.0 Å². The zero-order valence-electron chi connectivity index (χ0n) is 17.6. The Kier molecular flexibility index (Phi) is 5.85. The maximum absolute atomic E-state index is 10.6. The number of anilines is 2. The molecule has 1 heterocycles. The van der Waals surface area contributed by atoms with E-state index in [9.17, 15) is 10.4 Å². The third-order valence-electron chi connectivity index (χ3n) is 6.21. The summed E-state index contributed by atoms with van der Waals surface area (Å²) in [6.07, 6.45) is 1.80. The van der Waals surface area contributed by atoms with E-state index < -0.39 is 6.23 Å². The van der Waals surface area contributed by atoms with Crippen LogP contribution < -0.4 is 20.7 Å². The summed E-state index contributed by atoms with van der Waals surface area (Å²) < 4.78 is 5.69. The van der Waals surface area contributed by atoms with Gasteiger partial charge in [0.2, 0.25) is 0 Å². The van der Waals surface area contributed by atoms with E-state index in [1.807, 2.05) is 49.4 Å². The first-order valence-electron chi connectivity index (χ1n) is 10.7. The van der Waals surface area contributed by atoms with Crippen LogP contribution in [0, 0.1) is 23.2 Å². The molecule has 2 aromatic carbocycles. The molecule has 1 saturated carbocycles. The van der Waals surface area contributed by atoms with Crippen LogP contribution in [0.25, 0.3) is 0 Å². The fourth-order valence-corrected chi connectivity index (χ4v) is 4.79. The fraction of sp³-hybridized carbons (Fsp3) is 0.458. The summed E-state index contributed by atoms with van der Waals surface area (Å²) in [5.74, 6) is 1.62. The zero-order valence-corrected chi connectivity index (χ0v) is 17.6. The van der Waals surface area contributed by atoms with E-state index in [0.29, 0.717) is 24.6 Å². The normalized spacial score (nSPS) is 24.0. The molecular weight excluding hydrogens is 376 g/mol. The Morgan fingerprint density at radius 1 is 1.30 bits per heavy atom. The number of nitrogens with two attached hydrogens (primary N) is 1. The predicted octanol–water partition coefficient (Wildman–Crippen LogP) is 3.62. The molecule has 2 aliphatic rings. The quantitative estimate of drug-likeness (QED) is 0.650. The lowest BCUT2D eigenvalue weighted by Gasteiger charge is -2.48. The summed E-state index contributed by atoms with van der Waals surface area (Å²) in [6, 6.07) is 16.2. The summed E-state index contributed by atoms with van der Waals surface area (Å²) in [5, 5.41) is 23.8. The van der Waals surface area contributed by atoms with Crippen molar-refractivity contribution < 1.29 is 9.84 Å². The van der Waals surface area contributed by atoms with E-state index in [-0.39, 0.29) is 18.0 Å². The van der Waals surface area contributed by atoms with Crippen LogP contribution in [0.2, 0.25) is 0 Å². The number of nitrogens with zero attached hydrogens (tertiary/aromatic N) is 2. The molecule has 0 amide bonds. The van der Waals surface area contributed by atoms with Crippen LogP contribution >= 0.6 is 0 Å². The lowest BCUT2D eigenvalue weighted by molar-refractivity contribution is 0.151. The van der Waals surface area contributed by atoms with Crippen molar-refractivity contribution in [3.63, 3.8) is 0 Å². The highest BCUT2D eigenvalue weighted by Gasteiger charge is 2.47. The van der Waals surface area contributed by atoms with Gasteiger partial charge in [0, 0.05) is 35.9 Å². The second kappa shape index (κ2) is 8.55. The van der Waals surface area contributed by atoms with Crippen LogP contribution in [0.3, 0.4) is 0 Å². The van der Waals surface area contributed by atoms with Gasteiger partial charge in [-0.2, -0.15) is 5.26 Å². The van der Waals surface area contributed by atoms with Crippen molar-refractivity contribution in [3.05, 3.63) is 53.6 Å². The van der Waals surface area contributed by atoms with Gasteiger partial charge < -0.3 is 25.8 Å². The minimum Gasteiger partial charge on any atom is -0.492 e. The van der Waals surface area contributed by atoms with E-state index in [4.69, 9.17) is 10.5 Å². The monoisotopic (exact) mass is 406 g/mol. The molecule has 4 N–H and O–H groups in total. The molecule has 0 spiro atoms. The molecule has 1 fully saturated rings. The van der Waals surface area contributed by atoms with Gasteiger partial charge in [-0.15, -0.1) is 0 Å². The van der Waals surface area contributed by atoms with Crippen LogP contribution in [0.4, 0.5) is 11.4 Å². The minimum atomic E-state index is -0.585. The second-order valence-electron chi connectivity index (χ2n) is 8.40. The van der Waals surface area contributed by atoms with Crippen LogP contribution in [0.15, 0.2) is 42.5 Å². The molecule has 0 bridgehead atoms. The molecule has 6 heteroatoms. The number of nitrogens with one attached hydrogen (secondary N) is 1. The molecule has 1 aliphatic carbocycles. The molecule has 2 aromatic rings. The Bertz CT molecular complexity index is 935. The number of aliphatic hydroxyl groups is 1. The lowest BCUT2D eigenvalue weighted by atomic mass is 9.79. The Balaban J connectivity index is 1.73. The highest BCUT2D eigenvalue weighted by Crippen LogP contribution is 2.50. The summed E-state index contributed by atoms with van der Waals surface area (Å²) in [6.45, 7) is 5.02. The molecule has 1 aliphatic heterocycles. The largest absolute Gasteiger partial charge is 0.492 e. The minimum absolute atomic E-state index is 0.0265. The van der Waals surface area contributed by atoms with Crippen molar-refractivity contribution in [2.24, 2.45) is 17.6 Å². The van der Waals surface area contributed by atoms with Crippen LogP contribution in [0.1, 0.15) is 43.9 Å². The Hall–Kier alpha value is -2.75. The summed E-state index contributed by atoms with van der Waals surface area (Å²) in [4.78, 5) is 2.15. The Morgan fingerprint density at radius 2 is 2.10 bits per heavy atom. The van der Waals surface area contributed by atoms with Crippen molar-refractivity contribution in [1.29, 1.82) is 5.26 Å². The number of hydrogen-bond acceptors (Lipinski definition) is 6. The molecule has 0 radical (unpaired) electrons. The average molecular weight is 407 g/mol. The molecule has 6 nitrogen and oxygen atoms in total. The van der Waals surface area contributed by atoms with Crippen molar-refractivity contribution in [1.82, 2.24) is 0 Å². The zero-order chi connectivity index (χ0) is 21.3. The van der Waals surface area contributed by atoms with E-state index in [0.717, 1.165) is 22.7 Å². The number of rotatable bonds is 7. The molecule has 1 unspecified atom stereocenters. The van der Waals surface area contributed by atoms with Gasteiger partial charge in [-0.25, -0.2) is 0 Å². The molecule has 0 saturated heterocycles. The SMILES string of the molecule is CC(O)N1c2ccc(C#N)cc2[C@H](Nc2cccc(OCCN)c2)[C@@H](C)[C@@H]1C1CC1. The lowest BCUT2D eigenvalue weighted by Crippen LogP contribution is -2.52. The summed E-state index contributed by atoms with van der Waals surface area (Å²) >= 11 is 0. The summed E-state index contributed by atoms with van der Waals surface area (Å²) in [5.41, 5.74) is 9.21. The Morgan fingerprint density at radius 3 is 2.77 bits per heavy atom. The predicted molar refractivity (Wildman–Crippen MR) is 118 cm³/mol. The third-order valence-corrected chi connectivity index (χ3v) is 6.21. The van der Waals surface area contributed by atoms with Gasteiger partial charge in [0.1, 0.15) is 18.6 Å². The van der Waals surface area contributed by atoms with E-state index in [2.05, 4.69) is 23.2 Å². The molecule has 30 heavy (non-hydrogen) atoms. The average Bonchev–Trinajstić information content (AvgIpc) is 3.58. The maximum Gasteiger partial charge on any atom is 0.124 e. The topological polar surface area (TPSA) is 94.5 Å². The van der Waals surface area contributed by atoms with Gasteiger partial charge in [0.25, 0.3) is 0 Å². The molecule has 0 aromatic heterocycles. The van der Waals surface area contributed by atoms with Crippen molar-refractivity contribution in [3.8, 4) is 11.8 Å². The number of fused-ring (bicyclic) bond motifs is 1. The standard InChI is InChI=1S/C24H30N4O2/c1-15-23(27-19-4-3-5-20(13-19)30-11-10-25)21-12-17(14-26)6-9-22(21)28(16(2)29)24(15)18-7-8-18/h3-6,9,12-13,15-16,18,23-24,27,29H,7-8,10-11,25H2,1-2H3/t15-,16?,23-,24-/m1/s1. The van der Waals surface area contributed by atoms with Gasteiger partial charge in [-0.3, -0.25) is 0 Å².